The summed E-state index contributed by atoms with van der Waals surface area (Å²) in [5, 5.41) is 9.35. The lowest BCUT2D eigenvalue weighted by Gasteiger charge is -2.59. The number of carbonyl (C=O) groups is 1. The number of aliphatic imine (C=N–C) groups is 1. The summed E-state index contributed by atoms with van der Waals surface area (Å²) in [6, 6.07) is 0.252. The van der Waals surface area contributed by atoms with Crippen LogP contribution in [0.4, 0.5) is 0 Å². The zero-order valence-corrected chi connectivity index (χ0v) is 18.0. The van der Waals surface area contributed by atoms with E-state index in [9.17, 15) is 4.79 Å². The van der Waals surface area contributed by atoms with E-state index in [1.54, 1.807) is 14.2 Å². The van der Waals surface area contributed by atoms with E-state index in [2.05, 4.69) is 41.7 Å². The third-order valence-corrected chi connectivity index (χ3v) is 4.94. The molecule has 7 nitrogen and oxygen atoms in total. The maximum absolute atomic E-state index is 11.7. The molecule has 1 aliphatic rings. The lowest BCUT2D eigenvalue weighted by Crippen LogP contribution is -2.69. The van der Waals surface area contributed by atoms with Crippen LogP contribution in [0.2, 0.25) is 0 Å². The van der Waals surface area contributed by atoms with Crippen LogP contribution in [0.5, 0.6) is 0 Å². The van der Waals surface area contributed by atoms with Gasteiger partial charge in [-0.05, 0) is 20.3 Å². The number of nitrogens with one attached hydrogen (secondary N) is 3. The van der Waals surface area contributed by atoms with E-state index >= 15 is 0 Å². The SMILES string of the molecule is CCNC(=NCC(=O)NCCOC)NC1CC(C)(OC)C1(C)C.I. The van der Waals surface area contributed by atoms with Gasteiger partial charge in [0, 0.05) is 38.8 Å². The van der Waals surface area contributed by atoms with Crippen LogP contribution in [0.25, 0.3) is 0 Å². The highest BCUT2D eigenvalue weighted by atomic mass is 127. The quantitative estimate of drug-likeness (QED) is 0.221. The Morgan fingerprint density at radius 1 is 1.25 bits per heavy atom. The molecule has 0 aromatic heterocycles. The fourth-order valence-electron chi connectivity index (χ4n) is 2.71. The summed E-state index contributed by atoms with van der Waals surface area (Å²) in [5.74, 6) is 0.541. The van der Waals surface area contributed by atoms with Crippen LogP contribution >= 0.6 is 24.0 Å². The molecule has 24 heavy (non-hydrogen) atoms. The minimum Gasteiger partial charge on any atom is -0.383 e. The van der Waals surface area contributed by atoms with Crippen LogP contribution in [0.3, 0.4) is 0 Å². The Hall–Kier alpha value is -0.610. The van der Waals surface area contributed by atoms with Crippen molar-refractivity contribution in [1.29, 1.82) is 0 Å². The van der Waals surface area contributed by atoms with E-state index in [4.69, 9.17) is 9.47 Å². The van der Waals surface area contributed by atoms with Gasteiger partial charge in [-0.3, -0.25) is 4.79 Å². The van der Waals surface area contributed by atoms with Crippen molar-refractivity contribution in [2.24, 2.45) is 10.4 Å². The molecule has 1 amide bonds. The van der Waals surface area contributed by atoms with Gasteiger partial charge < -0.3 is 25.4 Å². The molecule has 0 bridgehead atoms. The second-order valence-corrected chi connectivity index (χ2v) is 6.60. The van der Waals surface area contributed by atoms with Crippen LogP contribution < -0.4 is 16.0 Å². The standard InChI is InChI=1S/C16H32N4O3.HI/c1-7-17-14(19-11-13(21)18-8-9-22-5)20-12-10-16(4,23-6)15(12,2)3;/h12H,7-11H2,1-6H3,(H,18,21)(H2,17,19,20);1H. The normalized spacial score (nSPS) is 25.2. The first-order chi connectivity index (χ1) is 10.8. The first-order valence-electron chi connectivity index (χ1n) is 8.16. The van der Waals surface area contributed by atoms with E-state index in [1.165, 1.54) is 0 Å². The molecule has 2 unspecified atom stereocenters. The molecule has 0 saturated heterocycles. The molecule has 1 rings (SSSR count). The second kappa shape index (κ2) is 10.4. The Morgan fingerprint density at radius 2 is 1.92 bits per heavy atom. The maximum Gasteiger partial charge on any atom is 0.241 e. The summed E-state index contributed by atoms with van der Waals surface area (Å²) in [5.41, 5.74) is -0.155. The molecular formula is C16H33IN4O3. The molecule has 1 aliphatic carbocycles. The average Bonchev–Trinajstić information content (AvgIpc) is 2.52. The molecule has 142 valence electrons. The minimum absolute atomic E-state index is 0. The van der Waals surface area contributed by atoms with Gasteiger partial charge >= 0.3 is 0 Å². The molecule has 0 aromatic rings. The predicted octanol–water partition coefficient (Wildman–Crippen LogP) is 1.13. The number of carbonyl (C=O) groups excluding carboxylic acids is 1. The fraction of sp³-hybridized carbons (Fsp3) is 0.875. The number of hydrogen-bond acceptors (Lipinski definition) is 4. The van der Waals surface area contributed by atoms with E-state index in [-0.39, 0.29) is 53.5 Å². The van der Waals surface area contributed by atoms with Crippen molar-refractivity contribution in [3.8, 4) is 0 Å². The van der Waals surface area contributed by atoms with Crippen LogP contribution in [0.1, 0.15) is 34.1 Å². The largest absolute Gasteiger partial charge is 0.383 e. The topological polar surface area (TPSA) is 84.0 Å². The van der Waals surface area contributed by atoms with Crippen molar-refractivity contribution in [2.45, 2.75) is 45.8 Å². The average molecular weight is 456 g/mol. The highest BCUT2D eigenvalue weighted by Crippen LogP contribution is 2.51. The molecular weight excluding hydrogens is 423 g/mol. The van der Waals surface area contributed by atoms with E-state index < -0.39 is 0 Å². The maximum atomic E-state index is 11.7. The minimum atomic E-state index is -0.139. The van der Waals surface area contributed by atoms with Gasteiger partial charge in [-0.25, -0.2) is 4.99 Å². The van der Waals surface area contributed by atoms with Gasteiger partial charge in [0.1, 0.15) is 6.54 Å². The number of rotatable bonds is 8. The van der Waals surface area contributed by atoms with Crippen molar-refractivity contribution in [2.75, 3.05) is 40.5 Å². The number of amides is 1. The number of guanidine groups is 1. The monoisotopic (exact) mass is 456 g/mol. The Bertz CT molecular complexity index is 432. The van der Waals surface area contributed by atoms with Crippen LogP contribution in [-0.4, -0.2) is 64.0 Å². The van der Waals surface area contributed by atoms with Gasteiger partial charge in [-0.2, -0.15) is 0 Å². The highest BCUT2D eigenvalue weighted by Gasteiger charge is 2.58. The molecule has 0 radical (unpaired) electrons. The van der Waals surface area contributed by atoms with Crippen LogP contribution in [0, 0.1) is 5.41 Å². The first kappa shape index (κ1) is 23.4. The Balaban J connectivity index is 0.00000529. The van der Waals surface area contributed by atoms with Gasteiger partial charge in [0.25, 0.3) is 0 Å². The summed E-state index contributed by atoms with van der Waals surface area (Å²) < 4.78 is 10.5. The Morgan fingerprint density at radius 3 is 2.42 bits per heavy atom. The van der Waals surface area contributed by atoms with Crippen molar-refractivity contribution >= 4 is 35.8 Å². The molecule has 0 aliphatic heterocycles. The predicted molar refractivity (Wildman–Crippen MR) is 107 cm³/mol. The van der Waals surface area contributed by atoms with Crippen molar-refractivity contribution in [3.63, 3.8) is 0 Å². The van der Waals surface area contributed by atoms with Gasteiger partial charge in [-0.1, -0.05) is 13.8 Å². The first-order valence-corrected chi connectivity index (χ1v) is 8.16. The summed E-state index contributed by atoms with van der Waals surface area (Å²) in [6.07, 6.45) is 0.904. The molecule has 1 fully saturated rings. The van der Waals surface area contributed by atoms with E-state index in [0.717, 1.165) is 13.0 Å². The summed E-state index contributed by atoms with van der Waals surface area (Å²) in [6.45, 7) is 10.3. The van der Waals surface area contributed by atoms with Crippen LogP contribution in [0.15, 0.2) is 4.99 Å². The van der Waals surface area contributed by atoms with Gasteiger partial charge in [0.15, 0.2) is 5.96 Å². The Kier molecular flexibility index (Phi) is 10.1. The molecule has 3 N–H and O–H groups in total. The van der Waals surface area contributed by atoms with E-state index in [0.29, 0.717) is 19.1 Å². The lowest BCUT2D eigenvalue weighted by atomic mass is 9.56. The number of methoxy groups -OCH3 is 2. The molecule has 8 heteroatoms. The molecule has 1 saturated carbocycles. The molecule has 0 spiro atoms. The molecule has 2 atom stereocenters. The zero-order valence-electron chi connectivity index (χ0n) is 15.7. The zero-order chi connectivity index (χ0) is 17.5. The highest BCUT2D eigenvalue weighted by molar-refractivity contribution is 14.0. The van der Waals surface area contributed by atoms with Crippen LogP contribution in [-0.2, 0) is 14.3 Å². The Labute approximate surface area is 162 Å². The van der Waals surface area contributed by atoms with Gasteiger partial charge in [0.2, 0.25) is 5.91 Å². The van der Waals surface area contributed by atoms with E-state index in [1.807, 2.05) is 6.92 Å². The molecule has 0 aromatic carbocycles. The number of hydrogen-bond donors (Lipinski definition) is 3. The third-order valence-electron chi connectivity index (χ3n) is 4.94. The summed E-state index contributed by atoms with van der Waals surface area (Å²) >= 11 is 0. The number of halogens is 1. The summed E-state index contributed by atoms with van der Waals surface area (Å²) in [4.78, 5) is 16.1. The number of nitrogens with zero attached hydrogens (tertiary/aromatic N) is 1. The number of ether oxygens (including phenoxy) is 2. The smallest absolute Gasteiger partial charge is 0.241 e. The fourth-order valence-corrected chi connectivity index (χ4v) is 2.71. The third kappa shape index (κ3) is 5.73. The van der Waals surface area contributed by atoms with Crippen molar-refractivity contribution in [1.82, 2.24) is 16.0 Å². The summed E-state index contributed by atoms with van der Waals surface area (Å²) in [7, 11) is 3.35. The lowest BCUT2D eigenvalue weighted by molar-refractivity contribution is -0.176. The van der Waals surface area contributed by atoms with Crippen molar-refractivity contribution in [3.05, 3.63) is 0 Å². The van der Waals surface area contributed by atoms with Gasteiger partial charge in [0.05, 0.1) is 12.2 Å². The van der Waals surface area contributed by atoms with Crippen molar-refractivity contribution < 1.29 is 14.3 Å². The van der Waals surface area contributed by atoms with Gasteiger partial charge in [-0.15, -0.1) is 24.0 Å². The second-order valence-electron chi connectivity index (χ2n) is 6.60. The molecule has 0 heterocycles.